The van der Waals surface area contributed by atoms with Crippen molar-refractivity contribution in [2.75, 3.05) is 7.11 Å². The van der Waals surface area contributed by atoms with Crippen molar-refractivity contribution in [2.45, 2.75) is 6.92 Å². The number of methoxy groups -OCH3 is 1. The molecule has 0 spiro atoms. The van der Waals surface area contributed by atoms with Crippen LogP contribution >= 0.6 is 0 Å². The number of pyridine rings is 1. The summed E-state index contributed by atoms with van der Waals surface area (Å²) in [4.78, 5) is 7.40. The molecular weight excluding hydrogens is 274 g/mol. The Labute approximate surface area is 128 Å². The molecule has 22 heavy (non-hydrogen) atoms. The molecule has 0 fully saturated rings. The summed E-state index contributed by atoms with van der Waals surface area (Å²) in [5.41, 5.74) is 4.35. The first-order valence-electron chi connectivity index (χ1n) is 6.91. The molecule has 0 unspecified atom stereocenters. The van der Waals surface area contributed by atoms with E-state index < -0.39 is 0 Å². The largest absolute Gasteiger partial charge is 0.497 e. The van der Waals surface area contributed by atoms with Gasteiger partial charge in [-0.1, -0.05) is 6.07 Å². The van der Waals surface area contributed by atoms with Gasteiger partial charge < -0.3 is 9.72 Å². The number of H-pyrrole nitrogens is 1. The van der Waals surface area contributed by atoms with Crippen LogP contribution in [0.3, 0.4) is 0 Å². The number of nitriles is 1. The molecule has 1 N–H and O–H groups in total. The molecule has 0 bridgehead atoms. The number of benzene rings is 1. The van der Waals surface area contributed by atoms with Gasteiger partial charge in [0.15, 0.2) is 0 Å². The second-order valence-electron chi connectivity index (χ2n) is 4.99. The fourth-order valence-electron chi connectivity index (χ4n) is 2.57. The van der Waals surface area contributed by atoms with Crippen molar-refractivity contribution in [3.05, 3.63) is 59.5 Å². The summed E-state index contributed by atoms with van der Waals surface area (Å²) < 4.78 is 5.29. The number of aryl methyl sites for hydroxylation is 1. The van der Waals surface area contributed by atoms with Gasteiger partial charge in [0.25, 0.3) is 0 Å². The number of aromatic nitrogens is 2. The van der Waals surface area contributed by atoms with Crippen molar-refractivity contribution >= 4 is 22.6 Å². The van der Waals surface area contributed by atoms with E-state index in [0.717, 1.165) is 33.5 Å². The third-order valence-corrected chi connectivity index (χ3v) is 3.58. The van der Waals surface area contributed by atoms with Gasteiger partial charge in [0.05, 0.1) is 18.8 Å². The molecule has 0 atom stereocenters. The SMILES string of the molecule is COc1ccc2[nH]c(C)c(C(C#N)=Cc3cccnc3)c2c1. The molecule has 108 valence electrons. The number of hydrogen-bond acceptors (Lipinski definition) is 3. The maximum absolute atomic E-state index is 9.59. The Morgan fingerprint density at radius 2 is 2.23 bits per heavy atom. The monoisotopic (exact) mass is 289 g/mol. The lowest BCUT2D eigenvalue weighted by Gasteiger charge is -2.02. The van der Waals surface area contributed by atoms with Gasteiger partial charge in [-0.3, -0.25) is 4.98 Å². The first-order chi connectivity index (χ1) is 10.7. The van der Waals surface area contributed by atoms with Crippen LogP contribution in [-0.4, -0.2) is 17.1 Å². The zero-order valence-electron chi connectivity index (χ0n) is 12.4. The highest BCUT2D eigenvalue weighted by atomic mass is 16.5. The van der Waals surface area contributed by atoms with Gasteiger partial charge in [-0.15, -0.1) is 0 Å². The quantitative estimate of drug-likeness (QED) is 0.743. The van der Waals surface area contributed by atoms with Crippen molar-refractivity contribution in [3.63, 3.8) is 0 Å². The number of nitrogens with one attached hydrogen (secondary N) is 1. The van der Waals surface area contributed by atoms with E-state index in [9.17, 15) is 5.26 Å². The lowest BCUT2D eigenvalue weighted by atomic mass is 10.0. The van der Waals surface area contributed by atoms with E-state index in [2.05, 4.69) is 16.0 Å². The van der Waals surface area contributed by atoms with Gasteiger partial charge in [-0.05, 0) is 42.8 Å². The molecule has 0 radical (unpaired) electrons. The minimum Gasteiger partial charge on any atom is -0.497 e. The summed E-state index contributed by atoms with van der Waals surface area (Å²) in [5, 5.41) is 10.6. The Hall–Kier alpha value is -3.06. The van der Waals surface area contributed by atoms with Crippen LogP contribution in [0.1, 0.15) is 16.8 Å². The van der Waals surface area contributed by atoms with E-state index in [4.69, 9.17) is 4.74 Å². The second kappa shape index (κ2) is 5.74. The smallest absolute Gasteiger partial charge is 0.119 e. The van der Waals surface area contributed by atoms with Crippen molar-refractivity contribution in [2.24, 2.45) is 0 Å². The number of hydrogen-bond donors (Lipinski definition) is 1. The highest BCUT2D eigenvalue weighted by molar-refractivity contribution is 6.02. The van der Waals surface area contributed by atoms with E-state index in [1.165, 1.54) is 0 Å². The van der Waals surface area contributed by atoms with Gasteiger partial charge in [-0.2, -0.15) is 5.26 Å². The van der Waals surface area contributed by atoms with Crippen LogP contribution < -0.4 is 4.74 Å². The van der Waals surface area contributed by atoms with Crippen molar-refractivity contribution in [3.8, 4) is 11.8 Å². The zero-order chi connectivity index (χ0) is 15.5. The van der Waals surface area contributed by atoms with Crippen molar-refractivity contribution in [1.29, 1.82) is 5.26 Å². The number of fused-ring (bicyclic) bond motifs is 1. The number of nitrogens with zero attached hydrogens (tertiary/aromatic N) is 2. The van der Waals surface area contributed by atoms with Crippen LogP contribution in [0.5, 0.6) is 5.75 Å². The summed E-state index contributed by atoms with van der Waals surface area (Å²) in [7, 11) is 1.64. The van der Waals surface area contributed by atoms with Crippen LogP contribution in [0, 0.1) is 18.3 Å². The standard InChI is InChI=1S/C18H15N3O/c1-12-18(14(10-19)8-13-4-3-7-20-11-13)16-9-15(22-2)5-6-17(16)21-12/h3-9,11,21H,1-2H3. The Morgan fingerprint density at radius 3 is 2.91 bits per heavy atom. The first-order valence-corrected chi connectivity index (χ1v) is 6.91. The Balaban J connectivity index is 2.21. The predicted molar refractivity (Wildman–Crippen MR) is 87.3 cm³/mol. The molecule has 0 aliphatic carbocycles. The van der Waals surface area contributed by atoms with Gasteiger partial charge in [0, 0.05) is 34.6 Å². The van der Waals surface area contributed by atoms with E-state index in [-0.39, 0.29) is 0 Å². The molecule has 0 amide bonds. The zero-order valence-corrected chi connectivity index (χ0v) is 12.4. The van der Waals surface area contributed by atoms with Gasteiger partial charge in [0.2, 0.25) is 0 Å². The summed E-state index contributed by atoms with van der Waals surface area (Å²) in [6, 6.07) is 11.9. The summed E-state index contributed by atoms with van der Waals surface area (Å²) in [6.07, 6.45) is 5.30. The molecular formula is C18H15N3O. The summed E-state index contributed by atoms with van der Waals surface area (Å²) in [6.45, 7) is 1.97. The lowest BCUT2D eigenvalue weighted by Crippen LogP contribution is -1.86. The average molecular weight is 289 g/mol. The van der Waals surface area contributed by atoms with Crippen LogP contribution in [0.2, 0.25) is 0 Å². The molecule has 2 aromatic heterocycles. The fourth-order valence-corrected chi connectivity index (χ4v) is 2.57. The molecule has 0 saturated heterocycles. The average Bonchev–Trinajstić information content (AvgIpc) is 2.88. The topological polar surface area (TPSA) is 61.7 Å². The molecule has 2 heterocycles. The molecule has 4 nitrogen and oxygen atoms in total. The van der Waals surface area contributed by atoms with Crippen LogP contribution in [0.25, 0.3) is 22.6 Å². The molecule has 0 aliphatic heterocycles. The van der Waals surface area contributed by atoms with E-state index >= 15 is 0 Å². The maximum atomic E-state index is 9.59. The maximum Gasteiger partial charge on any atom is 0.119 e. The van der Waals surface area contributed by atoms with E-state index in [1.54, 1.807) is 19.5 Å². The molecule has 0 saturated carbocycles. The Morgan fingerprint density at radius 1 is 1.36 bits per heavy atom. The third-order valence-electron chi connectivity index (χ3n) is 3.58. The molecule has 3 aromatic rings. The highest BCUT2D eigenvalue weighted by Crippen LogP contribution is 2.32. The number of ether oxygens (including phenoxy) is 1. The highest BCUT2D eigenvalue weighted by Gasteiger charge is 2.13. The number of aromatic amines is 1. The van der Waals surface area contributed by atoms with Crippen LogP contribution in [0.15, 0.2) is 42.7 Å². The normalized spacial score (nSPS) is 11.4. The third kappa shape index (κ3) is 2.45. The molecule has 3 rings (SSSR count). The predicted octanol–water partition coefficient (Wildman–Crippen LogP) is 3.94. The van der Waals surface area contributed by atoms with Crippen molar-refractivity contribution < 1.29 is 4.74 Å². The van der Waals surface area contributed by atoms with Gasteiger partial charge in [0.1, 0.15) is 5.75 Å². The van der Waals surface area contributed by atoms with Crippen LogP contribution in [0.4, 0.5) is 0 Å². The van der Waals surface area contributed by atoms with Gasteiger partial charge >= 0.3 is 0 Å². The Bertz CT molecular complexity index is 886. The van der Waals surface area contributed by atoms with Gasteiger partial charge in [-0.25, -0.2) is 0 Å². The van der Waals surface area contributed by atoms with E-state index in [0.29, 0.717) is 5.57 Å². The second-order valence-corrected chi connectivity index (χ2v) is 4.99. The summed E-state index contributed by atoms with van der Waals surface area (Å²) >= 11 is 0. The minimum absolute atomic E-state index is 0.602. The van der Waals surface area contributed by atoms with Crippen LogP contribution in [-0.2, 0) is 0 Å². The number of rotatable bonds is 3. The Kier molecular flexibility index (Phi) is 3.63. The molecule has 0 aliphatic rings. The fraction of sp³-hybridized carbons (Fsp3) is 0.111. The van der Waals surface area contributed by atoms with E-state index in [1.807, 2.05) is 43.3 Å². The minimum atomic E-state index is 0.602. The summed E-state index contributed by atoms with van der Waals surface area (Å²) in [5.74, 6) is 0.770. The first kappa shape index (κ1) is 13.9. The number of allylic oxidation sites excluding steroid dienone is 1. The molecule has 1 aromatic carbocycles. The lowest BCUT2D eigenvalue weighted by molar-refractivity contribution is 0.415. The van der Waals surface area contributed by atoms with Crippen molar-refractivity contribution in [1.82, 2.24) is 9.97 Å². The molecule has 4 heteroatoms.